The number of imidazole rings is 1. The lowest BCUT2D eigenvalue weighted by Gasteiger charge is -2.14. The van der Waals surface area contributed by atoms with Gasteiger partial charge in [0.15, 0.2) is 28.7 Å². The van der Waals surface area contributed by atoms with Crippen molar-refractivity contribution in [3.63, 3.8) is 0 Å². The number of fused-ring (bicyclic) bond motifs is 1. The monoisotopic (exact) mass is 407 g/mol. The lowest BCUT2D eigenvalue weighted by Crippen LogP contribution is -2.00. The molecule has 0 aliphatic heterocycles. The molecule has 0 unspecified atom stereocenters. The summed E-state index contributed by atoms with van der Waals surface area (Å²) in [6.07, 6.45) is 5.06. The fraction of sp³-hybridized carbons (Fsp3) is 0.190. The van der Waals surface area contributed by atoms with Crippen LogP contribution in [0.25, 0.3) is 22.4 Å². The van der Waals surface area contributed by atoms with E-state index in [4.69, 9.17) is 18.6 Å². The predicted octanol–water partition coefficient (Wildman–Crippen LogP) is 4.21. The normalized spacial score (nSPS) is 10.8. The zero-order chi connectivity index (χ0) is 21.3. The molecule has 1 N–H and O–H groups in total. The third kappa shape index (κ3) is 3.41. The maximum atomic E-state index is 5.53. The zero-order valence-electron chi connectivity index (χ0n) is 17.1. The van der Waals surface area contributed by atoms with Gasteiger partial charge in [-0.25, -0.2) is 15.0 Å². The van der Waals surface area contributed by atoms with Crippen molar-refractivity contribution in [3.05, 3.63) is 49.4 Å². The summed E-state index contributed by atoms with van der Waals surface area (Å²) in [5.74, 6) is 3.25. The Labute approximate surface area is 172 Å². The van der Waals surface area contributed by atoms with Gasteiger partial charge in [0.25, 0.3) is 0 Å². The van der Waals surface area contributed by atoms with E-state index >= 15 is 0 Å². The second kappa shape index (κ2) is 7.78. The molecule has 0 amide bonds. The minimum absolute atomic E-state index is 0.512. The van der Waals surface area contributed by atoms with E-state index < -0.39 is 0 Å². The van der Waals surface area contributed by atoms with Crippen molar-refractivity contribution in [2.75, 3.05) is 26.6 Å². The topological polar surface area (TPSA) is 96.5 Å². The van der Waals surface area contributed by atoms with Gasteiger partial charge in [-0.3, -0.25) is 0 Å². The minimum Gasteiger partial charge on any atom is -0.493 e. The van der Waals surface area contributed by atoms with Gasteiger partial charge in [-0.15, -0.1) is 0 Å². The molecule has 0 radical (unpaired) electrons. The highest BCUT2D eigenvalue weighted by Crippen LogP contribution is 2.39. The molecule has 9 nitrogen and oxygen atoms in total. The Bertz CT molecular complexity index is 1200. The molecule has 0 saturated carbocycles. The number of furan rings is 1. The predicted molar refractivity (Wildman–Crippen MR) is 113 cm³/mol. The zero-order valence-corrected chi connectivity index (χ0v) is 17.1. The van der Waals surface area contributed by atoms with Crippen molar-refractivity contribution in [1.29, 1.82) is 0 Å². The van der Waals surface area contributed by atoms with Crippen LogP contribution < -0.4 is 19.5 Å². The summed E-state index contributed by atoms with van der Waals surface area (Å²) in [6, 6.07) is 5.45. The van der Waals surface area contributed by atoms with Gasteiger partial charge in [-0.05, 0) is 12.5 Å². The molecule has 0 fully saturated rings. The molecule has 30 heavy (non-hydrogen) atoms. The summed E-state index contributed by atoms with van der Waals surface area (Å²) in [5, 5.41) is 3.19. The van der Waals surface area contributed by atoms with Crippen LogP contribution in [0.2, 0.25) is 0 Å². The van der Waals surface area contributed by atoms with E-state index in [1.165, 1.54) is 0 Å². The maximum Gasteiger partial charge on any atom is 0.203 e. The van der Waals surface area contributed by atoms with E-state index in [0.29, 0.717) is 45.8 Å². The molecular formula is C21H21N5O4. The number of aromatic nitrogens is 4. The van der Waals surface area contributed by atoms with Crippen LogP contribution in [0.4, 0.5) is 11.6 Å². The fourth-order valence-corrected chi connectivity index (χ4v) is 3.01. The number of ether oxygens (including phenoxy) is 3. The quantitative estimate of drug-likeness (QED) is 0.487. The number of methoxy groups -OCH3 is 3. The molecule has 0 aliphatic carbocycles. The van der Waals surface area contributed by atoms with Crippen LogP contribution in [0.3, 0.4) is 0 Å². The first-order valence-corrected chi connectivity index (χ1v) is 9.06. The Kier molecular flexibility index (Phi) is 5.01. The third-order valence-electron chi connectivity index (χ3n) is 4.46. The van der Waals surface area contributed by atoms with E-state index in [2.05, 4.69) is 26.8 Å². The van der Waals surface area contributed by atoms with Crippen LogP contribution in [-0.2, 0) is 0 Å². The van der Waals surface area contributed by atoms with Gasteiger partial charge in [-0.1, -0.05) is 6.58 Å². The molecule has 0 saturated heterocycles. The SMILES string of the molecule is C=C(C)c1nc(Nc2cn(-c3cc(OC)c(OC)c(OC)c3)cn2)c2occc2n1. The number of allylic oxidation sites excluding steroid dienone is 1. The van der Waals surface area contributed by atoms with Gasteiger partial charge in [0.05, 0.1) is 39.5 Å². The summed E-state index contributed by atoms with van der Waals surface area (Å²) in [4.78, 5) is 13.4. The van der Waals surface area contributed by atoms with Crippen molar-refractivity contribution >= 4 is 28.3 Å². The molecule has 0 aliphatic rings. The van der Waals surface area contributed by atoms with Crippen molar-refractivity contribution < 1.29 is 18.6 Å². The molecule has 9 heteroatoms. The van der Waals surface area contributed by atoms with E-state index in [1.54, 1.807) is 40.0 Å². The number of hydrogen-bond donors (Lipinski definition) is 1. The standard InChI is InChI=1S/C21H21N5O4/c1-12(2)20-23-14-6-7-30-18(14)21(25-20)24-17-10-26(11-22-17)13-8-15(27-3)19(29-5)16(9-13)28-4/h6-11H,1H2,2-5H3,(H,23,24,25). The minimum atomic E-state index is 0.512. The highest BCUT2D eigenvalue weighted by Gasteiger charge is 2.16. The van der Waals surface area contributed by atoms with Crippen LogP contribution in [0.1, 0.15) is 12.7 Å². The summed E-state index contributed by atoms with van der Waals surface area (Å²) < 4.78 is 23.6. The van der Waals surface area contributed by atoms with Gasteiger partial charge in [0.2, 0.25) is 5.75 Å². The van der Waals surface area contributed by atoms with Gasteiger partial charge >= 0.3 is 0 Å². The van der Waals surface area contributed by atoms with Gasteiger partial charge in [0, 0.05) is 18.2 Å². The molecule has 0 atom stereocenters. The Morgan fingerprint density at radius 1 is 1.10 bits per heavy atom. The molecular weight excluding hydrogens is 386 g/mol. The third-order valence-corrected chi connectivity index (χ3v) is 4.46. The Morgan fingerprint density at radius 3 is 2.47 bits per heavy atom. The average Bonchev–Trinajstić information content (AvgIpc) is 3.42. The number of hydrogen-bond acceptors (Lipinski definition) is 8. The first kappa shape index (κ1) is 19.3. The summed E-state index contributed by atoms with van der Waals surface area (Å²) in [7, 11) is 4.71. The Balaban J connectivity index is 1.70. The molecule has 1 aromatic carbocycles. The summed E-state index contributed by atoms with van der Waals surface area (Å²) in [6.45, 7) is 5.77. The molecule has 4 aromatic rings. The van der Waals surface area contributed by atoms with E-state index in [9.17, 15) is 0 Å². The van der Waals surface area contributed by atoms with Gasteiger partial charge < -0.3 is 28.5 Å². The van der Waals surface area contributed by atoms with Crippen molar-refractivity contribution in [3.8, 4) is 22.9 Å². The fourth-order valence-electron chi connectivity index (χ4n) is 3.01. The number of nitrogens with zero attached hydrogens (tertiary/aromatic N) is 4. The van der Waals surface area contributed by atoms with Crippen LogP contribution in [0.5, 0.6) is 17.2 Å². The van der Waals surface area contributed by atoms with Gasteiger partial charge in [-0.2, -0.15) is 0 Å². The van der Waals surface area contributed by atoms with Gasteiger partial charge in [0.1, 0.15) is 17.7 Å². The lowest BCUT2D eigenvalue weighted by atomic mass is 10.2. The van der Waals surface area contributed by atoms with Crippen LogP contribution >= 0.6 is 0 Å². The number of rotatable bonds is 7. The van der Waals surface area contributed by atoms with Crippen molar-refractivity contribution in [2.45, 2.75) is 6.92 Å². The molecule has 3 aromatic heterocycles. The lowest BCUT2D eigenvalue weighted by molar-refractivity contribution is 0.324. The smallest absolute Gasteiger partial charge is 0.203 e. The van der Waals surface area contributed by atoms with E-state index in [0.717, 1.165) is 11.3 Å². The Morgan fingerprint density at radius 2 is 1.83 bits per heavy atom. The Hall–Kier alpha value is -4.01. The molecule has 4 rings (SSSR count). The second-order valence-corrected chi connectivity index (χ2v) is 6.49. The first-order chi connectivity index (χ1) is 14.5. The van der Waals surface area contributed by atoms with Crippen LogP contribution in [-0.4, -0.2) is 40.8 Å². The molecule has 3 heterocycles. The second-order valence-electron chi connectivity index (χ2n) is 6.49. The van der Waals surface area contributed by atoms with E-state index in [1.807, 2.05) is 29.8 Å². The summed E-state index contributed by atoms with van der Waals surface area (Å²) >= 11 is 0. The average molecular weight is 407 g/mol. The van der Waals surface area contributed by atoms with Crippen LogP contribution in [0.15, 0.2) is 48.0 Å². The molecule has 154 valence electrons. The van der Waals surface area contributed by atoms with E-state index in [-0.39, 0.29) is 0 Å². The molecule has 0 bridgehead atoms. The largest absolute Gasteiger partial charge is 0.493 e. The first-order valence-electron chi connectivity index (χ1n) is 9.06. The number of nitrogens with one attached hydrogen (secondary N) is 1. The summed E-state index contributed by atoms with van der Waals surface area (Å²) in [5.41, 5.74) is 2.78. The van der Waals surface area contributed by atoms with Crippen molar-refractivity contribution in [2.24, 2.45) is 0 Å². The highest BCUT2D eigenvalue weighted by atomic mass is 16.5. The highest BCUT2D eigenvalue weighted by molar-refractivity contribution is 5.86. The van der Waals surface area contributed by atoms with Crippen LogP contribution in [0, 0.1) is 0 Å². The number of benzene rings is 1. The van der Waals surface area contributed by atoms with Crippen molar-refractivity contribution in [1.82, 2.24) is 19.5 Å². The maximum absolute atomic E-state index is 5.53. The number of anilines is 2. The molecule has 0 spiro atoms.